The van der Waals surface area contributed by atoms with E-state index in [4.69, 9.17) is 0 Å². The van der Waals surface area contributed by atoms with Gasteiger partial charge in [-0.2, -0.15) is 0 Å². The highest BCUT2D eigenvalue weighted by Crippen LogP contribution is 2.10. The van der Waals surface area contributed by atoms with Crippen molar-refractivity contribution in [3.8, 4) is 0 Å². The number of hydrogen-bond acceptors (Lipinski definition) is 4. The summed E-state index contributed by atoms with van der Waals surface area (Å²) in [5.74, 6) is 0. The van der Waals surface area contributed by atoms with Crippen LogP contribution in [0.2, 0.25) is 0 Å². The van der Waals surface area contributed by atoms with Gasteiger partial charge in [0.2, 0.25) is 0 Å². The quantitative estimate of drug-likeness (QED) is 0.849. The molecule has 0 radical (unpaired) electrons. The predicted octanol–water partition coefficient (Wildman–Crippen LogP) is 1.87. The van der Waals surface area contributed by atoms with E-state index in [-0.39, 0.29) is 0 Å². The molecule has 0 fully saturated rings. The number of anilines is 1. The van der Waals surface area contributed by atoms with Crippen molar-refractivity contribution in [1.82, 2.24) is 19.5 Å². The standard InChI is InChI=1S/C11H15N5/c1-9(2)16-8-14-5-11(16)6-15-10-3-12-7-13-4-10/h3-5,7-9,15H,6H2,1-2H3. The Morgan fingerprint density at radius 2 is 1.94 bits per heavy atom. The van der Waals surface area contributed by atoms with E-state index in [1.807, 2.05) is 12.5 Å². The molecule has 0 unspecified atom stereocenters. The minimum atomic E-state index is 0.423. The van der Waals surface area contributed by atoms with Gasteiger partial charge in [-0.25, -0.2) is 15.0 Å². The van der Waals surface area contributed by atoms with Crippen molar-refractivity contribution in [2.24, 2.45) is 0 Å². The average molecular weight is 217 g/mol. The van der Waals surface area contributed by atoms with Crippen molar-refractivity contribution in [3.05, 3.63) is 36.9 Å². The second-order valence-electron chi connectivity index (χ2n) is 3.87. The summed E-state index contributed by atoms with van der Waals surface area (Å²) in [6.07, 6.45) is 8.75. The van der Waals surface area contributed by atoms with Crippen LogP contribution in [-0.4, -0.2) is 19.5 Å². The molecule has 0 saturated carbocycles. The maximum atomic E-state index is 4.15. The fraction of sp³-hybridized carbons (Fsp3) is 0.364. The number of rotatable bonds is 4. The van der Waals surface area contributed by atoms with Gasteiger partial charge in [0, 0.05) is 12.2 Å². The number of imidazole rings is 1. The minimum Gasteiger partial charge on any atom is -0.377 e. The van der Waals surface area contributed by atoms with Gasteiger partial charge in [0.05, 0.1) is 36.6 Å². The van der Waals surface area contributed by atoms with E-state index in [1.54, 1.807) is 12.4 Å². The highest BCUT2D eigenvalue weighted by molar-refractivity contribution is 5.37. The van der Waals surface area contributed by atoms with E-state index in [2.05, 4.69) is 38.7 Å². The second-order valence-corrected chi connectivity index (χ2v) is 3.87. The third kappa shape index (κ3) is 2.36. The zero-order valence-electron chi connectivity index (χ0n) is 9.46. The van der Waals surface area contributed by atoms with Gasteiger partial charge in [0.25, 0.3) is 0 Å². The fourth-order valence-corrected chi connectivity index (χ4v) is 1.52. The molecule has 5 heteroatoms. The van der Waals surface area contributed by atoms with Crippen molar-refractivity contribution >= 4 is 5.69 Å². The highest BCUT2D eigenvalue weighted by atomic mass is 15.1. The van der Waals surface area contributed by atoms with E-state index in [0.29, 0.717) is 6.04 Å². The lowest BCUT2D eigenvalue weighted by Gasteiger charge is -2.12. The molecule has 16 heavy (non-hydrogen) atoms. The topological polar surface area (TPSA) is 55.6 Å². The Morgan fingerprint density at radius 1 is 1.19 bits per heavy atom. The summed E-state index contributed by atoms with van der Waals surface area (Å²) in [7, 11) is 0. The average Bonchev–Trinajstić information content (AvgIpc) is 2.76. The van der Waals surface area contributed by atoms with Gasteiger partial charge in [-0.05, 0) is 13.8 Å². The van der Waals surface area contributed by atoms with Gasteiger partial charge in [0.1, 0.15) is 6.33 Å². The molecule has 0 aliphatic rings. The van der Waals surface area contributed by atoms with Gasteiger partial charge < -0.3 is 9.88 Å². The van der Waals surface area contributed by atoms with E-state index in [1.165, 1.54) is 6.33 Å². The molecule has 1 N–H and O–H groups in total. The summed E-state index contributed by atoms with van der Waals surface area (Å²) in [6.45, 7) is 5.00. The van der Waals surface area contributed by atoms with Crippen LogP contribution in [0.4, 0.5) is 5.69 Å². The second kappa shape index (κ2) is 4.74. The Bertz CT molecular complexity index is 435. The number of aromatic nitrogens is 4. The first-order chi connectivity index (χ1) is 7.77. The molecule has 0 bridgehead atoms. The van der Waals surface area contributed by atoms with Crippen LogP contribution < -0.4 is 5.32 Å². The first-order valence-electron chi connectivity index (χ1n) is 5.27. The molecule has 0 spiro atoms. The zero-order valence-corrected chi connectivity index (χ0v) is 9.46. The zero-order chi connectivity index (χ0) is 11.4. The maximum Gasteiger partial charge on any atom is 0.115 e. The normalized spacial score (nSPS) is 10.7. The van der Waals surface area contributed by atoms with Crippen molar-refractivity contribution in [2.45, 2.75) is 26.4 Å². The number of nitrogens with zero attached hydrogens (tertiary/aromatic N) is 4. The van der Waals surface area contributed by atoms with Crippen molar-refractivity contribution in [3.63, 3.8) is 0 Å². The molecular weight excluding hydrogens is 202 g/mol. The molecule has 0 atom stereocenters. The van der Waals surface area contributed by atoms with Crippen LogP contribution in [0.1, 0.15) is 25.6 Å². The molecule has 0 amide bonds. The van der Waals surface area contributed by atoms with E-state index in [9.17, 15) is 0 Å². The summed E-state index contributed by atoms with van der Waals surface area (Å²) in [5, 5.41) is 3.26. The minimum absolute atomic E-state index is 0.423. The molecule has 2 rings (SSSR count). The molecular formula is C11H15N5. The predicted molar refractivity (Wildman–Crippen MR) is 62.0 cm³/mol. The summed E-state index contributed by atoms with van der Waals surface area (Å²) < 4.78 is 2.14. The monoisotopic (exact) mass is 217 g/mol. The Balaban J connectivity index is 2.02. The largest absolute Gasteiger partial charge is 0.377 e. The third-order valence-electron chi connectivity index (χ3n) is 2.34. The number of hydrogen-bond donors (Lipinski definition) is 1. The van der Waals surface area contributed by atoms with Crippen LogP contribution in [0.3, 0.4) is 0 Å². The Morgan fingerprint density at radius 3 is 2.62 bits per heavy atom. The molecule has 0 aromatic carbocycles. The van der Waals surface area contributed by atoms with E-state index >= 15 is 0 Å². The first kappa shape index (κ1) is 10.6. The van der Waals surface area contributed by atoms with Crippen LogP contribution in [0.5, 0.6) is 0 Å². The SMILES string of the molecule is CC(C)n1cncc1CNc1cncnc1. The van der Waals surface area contributed by atoms with Crippen molar-refractivity contribution in [1.29, 1.82) is 0 Å². The molecule has 84 valence electrons. The van der Waals surface area contributed by atoms with Gasteiger partial charge in [-0.1, -0.05) is 0 Å². The highest BCUT2D eigenvalue weighted by Gasteiger charge is 2.04. The van der Waals surface area contributed by atoms with Crippen LogP contribution in [0.15, 0.2) is 31.2 Å². The lowest BCUT2D eigenvalue weighted by molar-refractivity contribution is 0.577. The molecule has 2 aromatic heterocycles. The first-order valence-corrected chi connectivity index (χ1v) is 5.27. The summed E-state index contributed by atoms with van der Waals surface area (Å²) in [6, 6.07) is 0.423. The van der Waals surface area contributed by atoms with Crippen molar-refractivity contribution < 1.29 is 0 Å². The summed E-state index contributed by atoms with van der Waals surface area (Å²) >= 11 is 0. The van der Waals surface area contributed by atoms with Crippen LogP contribution in [-0.2, 0) is 6.54 Å². The third-order valence-corrected chi connectivity index (χ3v) is 2.34. The number of nitrogens with one attached hydrogen (secondary N) is 1. The molecule has 0 saturated heterocycles. The molecule has 0 aliphatic carbocycles. The van der Waals surface area contributed by atoms with Crippen LogP contribution in [0.25, 0.3) is 0 Å². The van der Waals surface area contributed by atoms with E-state index < -0.39 is 0 Å². The van der Waals surface area contributed by atoms with Gasteiger partial charge in [0.15, 0.2) is 0 Å². The molecule has 5 nitrogen and oxygen atoms in total. The van der Waals surface area contributed by atoms with Gasteiger partial charge >= 0.3 is 0 Å². The summed E-state index contributed by atoms with van der Waals surface area (Å²) in [4.78, 5) is 12.0. The smallest absolute Gasteiger partial charge is 0.115 e. The maximum absolute atomic E-state index is 4.15. The molecule has 2 heterocycles. The Labute approximate surface area is 94.6 Å². The van der Waals surface area contributed by atoms with E-state index in [0.717, 1.165) is 17.9 Å². The molecule has 2 aromatic rings. The molecule has 0 aliphatic heterocycles. The fourth-order valence-electron chi connectivity index (χ4n) is 1.52. The lowest BCUT2D eigenvalue weighted by atomic mass is 10.3. The van der Waals surface area contributed by atoms with Gasteiger partial charge in [-0.3, -0.25) is 0 Å². The van der Waals surface area contributed by atoms with Crippen molar-refractivity contribution in [2.75, 3.05) is 5.32 Å². The summed E-state index contributed by atoms with van der Waals surface area (Å²) in [5.41, 5.74) is 2.07. The Hall–Kier alpha value is -1.91. The van der Waals surface area contributed by atoms with Crippen LogP contribution >= 0.6 is 0 Å². The Kier molecular flexibility index (Phi) is 3.14. The van der Waals surface area contributed by atoms with Crippen LogP contribution in [0, 0.1) is 0 Å². The lowest BCUT2D eigenvalue weighted by Crippen LogP contribution is -2.08. The van der Waals surface area contributed by atoms with Gasteiger partial charge in [-0.15, -0.1) is 0 Å².